The molecule has 1 rings (SSSR count). The Morgan fingerprint density at radius 2 is 2.31 bits per heavy atom. The number of aromatic carboxylic acids is 1. The summed E-state index contributed by atoms with van der Waals surface area (Å²) < 4.78 is 1.49. The predicted molar refractivity (Wildman–Crippen MR) is 48.3 cm³/mol. The summed E-state index contributed by atoms with van der Waals surface area (Å²) in [6.45, 7) is 2.33. The van der Waals surface area contributed by atoms with Gasteiger partial charge < -0.3 is 9.67 Å². The lowest BCUT2D eigenvalue weighted by atomic mass is 10.3. The van der Waals surface area contributed by atoms with Gasteiger partial charge in [-0.05, 0) is 6.92 Å². The van der Waals surface area contributed by atoms with E-state index in [0.717, 1.165) is 6.07 Å². The van der Waals surface area contributed by atoms with E-state index in [9.17, 15) is 9.59 Å². The van der Waals surface area contributed by atoms with Crippen molar-refractivity contribution in [3.63, 3.8) is 0 Å². The van der Waals surface area contributed by atoms with Crippen molar-refractivity contribution in [2.45, 2.75) is 13.5 Å². The van der Waals surface area contributed by atoms with E-state index in [-0.39, 0.29) is 10.7 Å². The van der Waals surface area contributed by atoms with Gasteiger partial charge in [0.2, 0.25) is 0 Å². The fourth-order valence-corrected chi connectivity index (χ4v) is 1.22. The lowest BCUT2D eigenvalue weighted by Crippen LogP contribution is -2.17. The molecule has 0 spiro atoms. The van der Waals surface area contributed by atoms with Gasteiger partial charge in [0.25, 0.3) is 0 Å². The van der Waals surface area contributed by atoms with E-state index in [1.165, 1.54) is 10.8 Å². The van der Waals surface area contributed by atoms with Crippen LogP contribution in [0.1, 0.15) is 17.3 Å². The number of nitrogens with zero attached hydrogens (tertiary/aromatic N) is 1. The van der Waals surface area contributed by atoms with Gasteiger partial charge in [0.05, 0.1) is 0 Å². The van der Waals surface area contributed by atoms with Crippen LogP contribution in [0.15, 0.2) is 17.1 Å². The highest BCUT2D eigenvalue weighted by molar-refractivity contribution is 6.29. The average molecular weight is 202 g/mol. The zero-order chi connectivity index (χ0) is 10.0. The molecule has 0 aliphatic carbocycles. The molecule has 13 heavy (non-hydrogen) atoms. The van der Waals surface area contributed by atoms with Gasteiger partial charge in [-0.1, -0.05) is 11.6 Å². The Balaban J connectivity index is 3.39. The molecule has 1 aromatic heterocycles. The third kappa shape index (κ3) is 1.89. The van der Waals surface area contributed by atoms with Crippen LogP contribution in [0.2, 0.25) is 5.15 Å². The van der Waals surface area contributed by atoms with E-state index in [2.05, 4.69) is 0 Å². The molecule has 0 atom stereocenters. The van der Waals surface area contributed by atoms with Crippen LogP contribution in [0.4, 0.5) is 0 Å². The van der Waals surface area contributed by atoms with E-state index in [1.54, 1.807) is 0 Å². The van der Waals surface area contributed by atoms with Crippen LogP contribution in [0.3, 0.4) is 0 Å². The number of rotatable bonds is 2. The van der Waals surface area contributed by atoms with Crippen molar-refractivity contribution in [1.82, 2.24) is 4.57 Å². The molecule has 70 valence electrons. The highest BCUT2D eigenvalue weighted by Gasteiger charge is 2.10. The topological polar surface area (TPSA) is 59.3 Å². The Morgan fingerprint density at radius 1 is 1.69 bits per heavy atom. The fraction of sp³-hybridized carbons (Fsp3) is 0.250. The van der Waals surface area contributed by atoms with Gasteiger partial charge >= 0.3 is 5.97 Å². The summed E-state index contributed by atoms with van der Waals surface area (Å²) in [6, 6.07) is 1.11. The van der Waals surface area contributed by atoms with Gasteiger partial charge in [0.15, 0.2) is 5.43 Å². The molecule has 0 saturated carbocycles. The van der Waals surface area contributed by atoms with Crippen LogP contribution < -0.4 is 5.43 Å². The van der Waals surface area contributed by atoms with Crippen molar-refractivity contribution in [3.05, 3.63) is 33.2 Å². The largest absolute Gasteiger partial charge is 0.477 e. The van der Waals surface area contributed by atoms with Gasteiger partial charge in [-0.3, -0.25) is 4.79 Å². The van der Waals surface area contributed by atoms with Crippen molar-refractivity contribution in [3.8, 4) is 0 Å². The molecule has 0 aliphatic rings. The Labute approximate surface area is 79.4 Å². The molecule has 4 nitrogen and oxygen atoms in total. The second-order valence-electron chi connectivity index (χ2n) is 2.47. The minimum Gasteiger partial charge on any atom is -0.477 e. The quantitative estimate of drug-likeness (QED) is 0.732. The third-order valence-corrected chi connectivity index (χ3v) is 1.97. The molecule has 0 unspecified atom stereocenters. The number of carbonyl (C=O) groups is 1. The Bertz CT molecular complexity index is 397. The fourth-order valence-electron chi connectivity index (χ4n) is 0.953. The molecule has 0 bridgehead atoms. The molecule has 5 heteroatoms. The molecular weight excluding hydrogens is 194 g/mol. The van der Waals surface area contributed by atoms with Crippen LogP contribution in [-0.2, 0) is 6.54 Å². The van der Waals surface area contributed by atoms with E-state index in [4.69, 9.17) is 16.7 Å². The summed E-state index contributed by atoms with van der Waals surface area (Å²) in [5, 5.41) is 8.87. The molecule has 1 aromatic rings. The molecule has 1 N–H and O–H groups in total. The smallest absolute Gasteiger partial charge is 0.341 e. The highest BCUT2D eigenvalue weighted by atomic mass is 35.5. The normalized spacial score (nSPS) is 10.0. The maximum atomic E-state index is 11.1. The van der Waals surface area contributed by atoms with Crippen LogP contribution in [0.5, 0.6) is 0 Å². The van der Waals surface area contributed by atoms with Crippen LogP contribution >= 0.6 is 11.6 Å². The summed E-state index contributed by atoms with van der Waals surface area (Å²) >= 11 is 5.68. The van der Waals surface area contributed by atoms with E-state index >= 15 is 0 Å². The van der Waals surface area contributed by atoms with Crippen molar-refractivity contribution in [2.75, 3.05) is 0 Å². The SMILES string of the molecule is CCn1cc(C(=O)O)c(=O)cc1Cl. The third-order valence-electron chi connectivity index (χ3n) is 1.65. The van der Waals surface area contributed by atoms with Crippen molar-refractivity contribution < 1.29 is 9.90 Å². The van der Waals surface area contributed by atoms with Gasteiger partial charge in [0, 0.05) is 18.8 Å². The van der Waals surface area contributed by atoms with E-state index in [1.807, 2.05) is 6.92 Å². The number of carboxylic acid groups (broad SMARTS) is 1. The minimum absolute atomic E-state index is 0.248. The van der Waals surface area contributed by atoms with Crippen molar-refractivity contribution in [1.29, 1.82) is 0 Å². The summed E-state index contributed by atoms with van der Waals surface area (Å²) in [7, 11) is 0. The van der Waals surface area contributed by atoms with Crippen LogP contribution in [0.25, 0.3) is 0 Å². The first-order chi connectivity index (χ1) is 6.06. The second kappa shape index (κ2) is 3.62. The molecule has 0 aliphatic heterocycles. The average Bonchev–Trinajstić information content (AvgIpc) is 2.03. The van der Waals surface area contributed by atoms with Crippen molar-refractivity contribution in [2.24, 2.45) is 0 Å². The van der Waals surface area contributed by atoms with Gasteiger partial charge in [-0.25, -0.2) is 4.79 Å². The molecule has 1 heterocycles. The van der Waals surface area contributed by atoms with E-state index in [0.29, 0.717) is 6.54 Å². The Hall–Kier alpha value is -1.29. The first-order valence-corrected chi connectivity index (χ1v) is 4.07. The number of hydrogen-bond donors (Lipinski definition) is 1. The highest BCUT2D eigenvalue weighted by Crippen LogP contribution is 2.06. The number of hydrogen-bond acceptors (Lipinski definition) is 2. The monoisotopic (exact) mass is 201 g/mol. The molecule has 0 saturated heterocycles. The standard InChI is InChI=1S/C8H8ClNO3/c1-2-10-4-5(8(12)13)6(11)3-7(10)9/h3-4H,2H2,1H3,(H,12,13). The lowest BCUT2D eigenvalue weighted by Gasteiger charge is -2.05. The molecule has 0 aromatic carbocycles. The maximum Gasteiger partial charge on any atom is 0.341 e. The van der Waals surface area contributed by atoms with Crippen molar-refractivity contribution >= 4 is 17.6 Å². The molecule has 0 fully saturated rings. The number of carboxylic acids is 1. The summed E-state index contributed by atoms with van der Waals surface area (Å²) in [4.78, 5) is 21.6. The zero-order valence-electron chi connectivity index (χ0n) is 6.95. The maximum absolute atomic E-state index is 11.1. The Morgan fingerprint density at radius 3 is 2.77 bits per heavy atom. The summed E-state index contributed by atoms with van der Waals surface area (Å²) in [6.07, 6.45) is 1.24. The number of halogens is 1. The van der Waals surface area contributed by atoms with Gasteiger partial charge in [-0.2, -0.15) is 0 Å². The summed E-state index contributed by atoms with van der Waals surface area (Å²) in [5.41, 5.74) is -0.826. The van der Waals surface area contributed by atoms with E-state index < -0.39 is 11.4 Å². The first kappa shape index (κ1) is 9.80. The number of pyridine rings is 1. The first-order valence-electron chi connectivity index (χ1n) is 3.69. The van der Waals surface area contributed by atoms with Gasteiger partial charge in [-0.15, -0.1) is 0 Å². The van der Waals surface area contributed by atoms with Gasteiger partial charge in [0.1, 0.15) is 10.7 Å². The lowest BCUT2D eigenvalue weighted by molar-refractivity contribution is 0.0694. The van der Waals surface area contributed by atoms with Crippen LogP contribution in [0, 0.1) is 0 Å². The second-order valence-corrected chi connectivity index (χ2v) is 2.85. The zero-order valence-corrected chi connectivity index (χ0v) is 7.71. The predicted octanol–water partition coefficient (Wildman–Crippen LogP) is 1.22. The number of aryl methyl sites for hydroxylation is 1. The molecule has 0 radical (unpaired) electrons. The number of aromatic nitrogens is 1. The van der Waals surface area contributed by atoms with Crippen LogP contribution in [-0.4, -0.2) is 15.6 Å². The summed E-state index contributed by atoms with van der Waals surface area (Å²) in [5.74, 6) is -1.23. The Kier molecular flexibility index (Phi) is 2.72. The molecular formula is C8H8ClNO3. The molecule has 0 amide bonds. The minimum atomic E-state index is -1.23.